The van der Waals surface area contributed by atoms with E-state index in [2.05, 4.69) is 26.5 Å². The second-order valence-electron chi connectivity index (χ2n) is 4.28. The summed E-state index contributed by atoms with van der Waals surface area (Å²) in [5.74, 6) is 1.26. The number of aromatic nitrogens is 2. The van der Waals surface area contributed by atoms with Gasteiger partial charge in [-0.1, -0.05) is 5.16 Å². The summed E-state index contributed by atoms with van der Waals surface area (Å²) in [6.07, 6.45) is 6.76. The molecule has 0 radical (unpaired) electrons. The zero-order chi connectivity index (χ0) is 12.3. The summed E-state index contributed by atoms with van der Waals surface area (Å²) in [5.41, 5.74) is 5.51. The fraction of sp³-hybridized carbons (Fsp3) is 0.636. The first-order chi connectivity index (χ1) is 8.26. The van der Waals surface area contributed by atoms with Gasteiger partial charge in [0.05, 0.1) is 0 Å². The Morgan fingerprint density at radius 3 is 3.06 bits per heavy atom. The van der Waals surface area contributed by atoms with Gasteiger partial charge in [0.25, 0.3) is 0 Å². The number of aryl methyl sites for hydroxylation is 1. The van der Waals surface area contributed by atoms with Crippen molar-refractivity contribution in [2.45, 2.75) is 38.8 Å². The molecule has 1 aliphatic rings. The third-order valence-electron chi connectivity index (χ3n) is 3.02. The molecule has 3 N–H and O–H groups in total. The number of rotatable bonds is 6. The van der Waals surface area contributed by atoms with E-state index >= 15 is 0 Å². The topological polar surface area (TPSA) is 79.7 Å². The van der Waals surface area contributed by atoms with Gasteiger partial charge in [0, 0.05) is 37.9 Å². The second kappa shape index (κ2) is 5.07. The van der Waals surface area contributed by atoms with Crippen molar-refractivity contribution in [2.75, 3.05) is 11.4 Å². The molecular weight excluding hydrogens is 218 g/mol. The van der Waals surface area contributed by atoms with Crippen LogP contribution in [-0.4, -0.2) is 33.2 Å². The van der Waals surface area contributed by atoms with Gasteiger partial charge in [-0.15, -0.1) is 0 Å². The zero-order valence-electron chi connectivity index (χ0n) is 10.1. The van der Waals surface area contributed by atoms with Gasteiger partial charge in [-0.3, -0.25) is 0 Å². The van der Waals surface area contributed by atoms with Crippen molar-refractivity contribution in [2.24, 2.45) is 10.9 Å². The SMILES string of the molecule is CCn1ccnc1N(CCC(N)=NO)C1CC1. The first-order valence-electron chi connectivity index (χ1n) is 6.00. The lowest BCUT2D eigenvalue weighted by Crippen LogP contribution is -2.32. The molecule has 1 saturated carbocycles. The van der Waals surface area contributed by atoms with Crippen LogP contribution in [-0.2, 0) is 6.54 Å². The van der Waals surface area contributed by atoms with Gasteiger partial charge in [-0.05, 0) is 19.8 Å². The van der Waals surface area contributed by atoms with E-state index < -0.39 is 0 Å². The van der Waals surface area contributed by atoms with E-state index in [1.807, 2.05) is 12.4 Å². The highest BCUT2D eigenvalue weighted by Crippen LogP contribution is 2.30. The van der Waals surface area contributed by atoms with Crippen LogP contribution in [0.25, 0.3) is 0 Å². The Kier molecular flexibility index (Phi) is 3.51. The van der Waals surface area contributed by atoms with Gasteiger partial charge in [0.15, 0.2) is 0 Å². The van der Waals surface area contributed by atoms with E-state index in [1.165, 1.54) is 12.8 Å². The zero-order valence-corrected chi connectivity index (χ0v) is 10.1. The van der Waals surface area contributed by atoms with Crippen LogP contribution in [0.5, 0.6) is 0 Å². The Morgan fingerprint density at radius 1 is 1.71 bits per heavy atom. The summed E-state index contributed by atoms with van der Waals surface area (Å²) in [5, 5.41) is 11.6. The molecule has 1 aromatic rings. The summed E-state index contributed by atoms with van der Waals surface area (Å²) in [6, 6.07) is 0.564. The van der Waals surface area contributed by atoms with Crippen molar-refractivity contribution in [3.8, 4) is 0 Å². The van der Waals surface area contributed by atoms with Crippen LogP contribution >= 0.6 is 0 Å². The number of hydrogen-bond donors (Lipinski definition) is 2. The van der Waals surface area contributed by atoms with Gasteiger partial charge in [0.2, 0.25) is 5.95 Å². The fourth-order valence-corrected chi connectivity index (χ4v) is 1.92. The van der Waals surface area contributed by atoms with Crippen molar-refractivity contribution in [3.63, 3.8) is 0 Å². The van der Waals surface area contributed by atoms with Gasteiger partial charge in [0.1, 0.15) is 5.84 Å². The molecule has 17 heavy (non-hydrogen) atoms. The van der Waals surface area contributed by atoms with Crippen LogP contribution in [0.3, 0.4) is 0 Å². The summed E-state index contributed by atoms with van der Waals surface area (Å²) >= 11 is 0. The third kappa shape index (κ3) is 2.69. The molecule has 0 amide bonds. The molecule has 0 bridgehead atoms. The maximum absolute atomic E-state index is 8.56. The molecule has 0 saturated heterocycles. The smallest absolute Gasteiger partial charge is 0.205 e. The van der Waals surface area contributed by atoms with E-state index in [9.17, 15) is 0 Å². The van der Waals surface area contributed by atoms with Crippen molar-refractivity contribution in [3.05, 3.63) is 12.4 Å². The number of nitrogens with two attached hydrogens (primary N) is 1. The largest absolute Gasteiger partial charge is 0.409 e. The first kappa shape index (κ1) is 11.8. The molecule has 0 spiro atoms. The molecule has 94 valence electrons. The van der Waals surface area contributed by atoms with Gasteiger partial charge in [-0.25, -0.2) is 4.98 Å². The van der Waals surface area contributed by atoms with Crippen molar-refractivity contribution in [1.82, 2.24) is 9.55 Å². The van der Waals surface area contributed by atoms with E-state index in [0.717, 1.165) is 19.0 Å². The molecule has 6 nitrogen and oxygen atoms in total. The number of oxime groups is 1. The predicted molar refractivity (Wildman–Crippen MR) is 66.3 cm³/mol. The minimum absolute atomic E-state index is 0.269. The number of nitrogens with zero attached hydrogens (tertiary/aromatic N) is 4. The van der Waals surface area contributed by atoms with Crippen LogP contribution in [0.1, 0.15) is 26.2 Å². The Hall–Kier alpha value is -1.72. The van der Waals surface area contributed by atoms with E-state index in [4.69, 9.17) is 10.9 Å². The number of imidazole rings is 1. The Bertz CT molecular complexity index is 396. The van der Waals surface area contributed by atoms with Crippen LogP contribution in [0.4, 0.5) is 5.95 Å². The average molecular weight is 237 g/mol. The number of amidine groups is 1. The predicted octanol–water partition coefficient (Wildman–Crippen LogP) is 1.01. The second-order valence-corrected chi connectivity index (χ2v) is 4.28. The summed E-state index contributed by atoms with van der Waals surface area (Å²) in [4.78, 5) is 6.65. The lowest BCUT2D eigenvalue weighted by Gasteiger charge is -2.23. The lowest BCUT2D eigenvalue weighted by molar-refractivity contribution is 0.317. The molecule has 0 aliphatic heterocycles. The molecule has 1 fully saturated rings. The lowest BCUT2D eigenvalue weighted by atomic mass is 10.3. The molecular formula is C11H19N5O. The highest BCUT2D eigenvalue weighted by Gasteiger charge is 2.31. The molecule has 1 aliphatic carbocycles. The standard InChI is InChI=1S/C11H19N5O/c1-2-15-8-6-13-11(15)16(9-3-4-9)7-5-10(12)14-17/h6,8-9,17H,2-5,7H2,1H3,(H2,12,14). The van der Waals surface area contributed by atoms with E-state index in [0.29, 0.717) is 12.5 Å². The number of anilines is 1. The van der Waals surface area contributed by atoms with Crippen LogP contribution in [0.2, 0.25) is 0 Å². The molecule has 0 unspecified atom stereocenters. The minimum atomic E-state index is 0.269. The van der Waals surface area contributed by atoms with Crippen LogP contribution in [0.15, 0.2) is 17.5 Å². The fourth-order valence-electron chi connectivity index (χ4n) is 1.92. The molecule has 1 aromatic heterocycles. The normalized spacial score (nSPS) is 16.2. The van der Waals surface area contributed by atoms with E-state index in [-0.39, 0.29) is 5.84 Å². The Labute approximate surface area is 101 Å². The highest BCUT2D eigenvalue weighted by atomic mass is 16.4. The Balaban J connectivity index is 2.07. The Morgan fingerprint density at radius 2 is 2.47 bits per heavy atom. The molecule has 2 rings (SSSR count). The summed E-state index contributed by atoms with van der Waals surface area (Å²) in [7, 11) is 0. The summed E-state index contributed by atoms with van der Waals surface area (Å²) in [6.45, 7) is 3.75. The van der Waals surface area contributed by atoms with Crippen molar-refractivity contribution < 1.29 is 5.21 Å². The van der Waals surface area contributed by atoms with Gasteiger partial charge in [-0.2, -0.15) is 0 Å². The van der Waals surface area contributed by atoms with Crippen molar-refractivity contribution >= 4 is 11.8 Å². The average Bonchev–Trinajstić information content (AvgIpc) is 3.07. The van der Waals surface area contributed by atoms with Crippen LogP contribution in [0, 0.1) is 0 Å². The maximum atomic E-state index is 8.56. The van der Waals surface area contributed by atoms with Crippen molar-refractivity contribution in [1.29, 1.82) is 0 Å². The summed E-state index contributed by atoms with van der Waals surface area (Å²) < 4.78 is 2.12. The first-order valence-corrected chi connectivity index (χ1v) is 6.00. The molecule has 1 heterocycles. The minimum Gasteiger partial charge on any atom is -0.409 e. The number of hydrogen-bond acceptors (Lipinski definition) is 4. The van der Waals surface area contributed by atoms with Gasteiger partial charge >= 0.3 is 0 Å². The maximum Gasteiger partial charge on any atom is 0.205 e. The molecule has 6 heteroatoms. The van der Waals surface area contributed by atoms with E-state index in [1.54, 1.807) is 0 Å². The van der Waals surface area contributed by atoms with Gasteiger partial charge < -0.3 is 20.4 Å². The third-order valence-corrected chi connectivity index (χ3v) is 3.02. The molecule has 0 aromatic carbocycles. The van der Waals surface area contributed by atoms with Crippen LogP contribution < -0.4 is 10.6 Å². The monoisotopic (exact) mass is 237 g/mol. The quantitative estimate of drug-likeness (QED) is 0.335. The molecule has 0 atom stereocenters. The highest BCUT2D eigenvalue weighted by molar-refractivity contribution is 5.80.